The van der Waals surface area contributed by atoms with Crippen molar-refractivity contribution in [3.05, 3.63) is 46.3 Å². The van der Waals surface area contributed by atoms with Gasteiger partial charge in [0.2, 0.25) is 0 Å². The molecule has 0 amide bonds. The first-order valence-electron chi connectivity index (χ1n) is 7.33. The molecule has 0 aliphatic carbocycles. The minimum absolute atomic E-state index is 0.0573. The van der Waals surface area contributed by atoms with Gasteiger partial charge in [-0.25, -0.2) is 9.98 Å². The molecule has 112 valence electrons. The molecule has 0 aromatic carbocycles. The van der Waals surface area contributed by atoms with Crippen LogP contribution in [-0.2, 0) is 10.8 Å². The molecule has 2 heterocycles. The second kappa shape index (κ2) is 6.10. The van der Waals surface area contributed by atoms with Gasteiger partial charge in [0.05, 0.1) is 0 Å². The van der Waals surface area contributed by atoms with Gasteiger partial charge in [-0.05, 0) is 30.0 Å². The van der Waals surface area contributed by atoms with Gasteiger partial charge in [-0.1, -0.05) is 46.8 Å². The van der Waals surface area contributed by atoms with Crippen molar-refractivity contribution in [2.45, 2.75) is 51.9 Å². The predicted octanol–water partition coefficient (Wildman–Crippen LogP) is 5.51. The van der Waals surface area contributed by atoms with Gasteiger partial charge in [0, 0.05) is 27.6 Å². The fourth-order valence-corrected chi connectivity index (χ4v) is 2.91. The lowest BCUT2D eigenvalue weighted by atomic mass is 9.88. The average Bonchev–Trinajstić information content (AvgIpc) is 2.92. The molecule has 2 aromatic rings. The monoisotopic (exact) mass is 300 g/mol. The highest BCUT2D eigenvalue weighted by Crippen LogP contribution is 2.30. The van der Waals surface area contributed by atoms with Crippen LogP contribution in [0.25, 0.3) is 0 Å². The van der Waals surface area contributed by atoms with Crippen LogP contribution in [0, 0.1) is 0 Å². The zero-order valence-corrected chi connectivity index (χ0v) is 14.4. The van der Waals surface area contributed by atoms with Crippen molar-refractivity contribution in [2.75, 3.05) is 0 Å². The summed E-state index contributed by atoms with van der Waals surface area (Å²) in [5.74, 6) is 0.796. The molecule has 0 aliphatic rings. The van der Waals surface area contributed by atoms with Gasteiger partial charge >= 0.3 is 0 Å². The Morgan fingerprint density at radius 3 is 2.48 bits per heavy atom. The van der Waals surface area contributed by atoms with E-state index in [9.17, 15) is 0 Å². The summed E-state index contributed by atoms with van der Waals surface area (Å²) < 4.78 is 0. The van der Waals surface area contributed by atoms with Crippen molar-refractivity contribution >= 4 is 23.4 Å². The summed E-state index contributed by atoms with van der Waals surface area (Å²) in [6.07, 6.45) is 2.91. The van der Waals surface area contributed by atoms with Crippen LogP contribution in [0.15, 0.2) is 40.7 Å². The Kier molecular flexibility index (Phi) is 4.62. The van der Waals surface area contributed by atoms with Crippen LogP contribution in [0.3, 0.4) is 0 Å². The quantitative estimate of drug-likeness (QED) is 0.683. The van der Waals surface area contributed by atoms with Gasteiger partial charge in [0.15, 0.2) is 5.82 Å². The first-order valence-corrected chi connectivity index (χ1v) is 8.21. The summed E-state index contributed by atoms with van der Waals surface area (Å²) in [5, 5.41) is 2.13. The maximum Gasteiger partial charge on any atom is 0.151 e. The standard InChI is InChI=1S/C18H24N2S/c1-17(2,3)14-8-6-10-16(20-14)19-12-11-18(4,5)15-9-7-13-21-15/h6-10,12-13H,11H2,1-5H3/b19-12+. The van der Waals surface area contributed by atoms with Crippen molar-refractivity contribution in [2.24, 2.45) is 4.99 Å². The normalized spacial score (nSPS) is 13.0. The third-order valence-corrected chi connectivity index (χ3v) is 4.75. The van der Waals surface area contributed by atoms with Gasteiger partial charge in [0.1, 0.15) is 0 Å². The molecule has 0 unspecified atom stereocenters. The summed E-state index contributed by atoms with van der Waals surface area (Å²) in [5.41, 5.74) is 1.26. The lowest BCUT2D eigenvalue weighted by Gasteiger charge is -2.20. The molecule has 0 N–H and O–H groups in total. The van der Waals surface area contributed by atoms with Crippen LogP contribution >= 0.6 is 11.3 Å². The van der Waals surface area contributed by atoms with Crippen LogP contribution in [0.2, 0.25) is 0 Å². The van der Waals surface area contributed by atoms with Crippen molar-refractivity contribution < 1.29 is 0 Å². The lowest BCUT2D eigenvalue weighted by Crippen LogP contribution is -2.15. The highest BCUT2D eigenvalue weighted by atomic mass is 32.1. The molecule has 2 nitrogen and oxygen atoms in total. The van der Waals surface area contributed by atoms with E-state index >= 15 is 0 Å². The van der Waals surface area contributed by atoms with Crippen LogP contribution in [0.1, 0.15) is 51.6 Å². The summed E-state index contributed by atoms with van der Waals surface area (Å²) in [6, 6.07) is 10.4. The molecule has 0 aliphatic heterocycles. The maximum atomic E-state index is 4.63. The smallest absolute Gasteiger partial charge is 0.151 e. The number of aromatic nitrogens is 1. The minimum atomic E-state index is 0.0573. The number of pyridine rings is 1. The van der Waals surface area contributed by atoms with Gasteiger partial charge in [-0.2, -0.15) is 0 Å². The van der Waals surface area contributed by atoms with E-state index in [1.54, 1.807) is 11.3 Å². The molecule has 0 radical (unpaired) electrons. The summed E-state index contributed by atoms with van der Waals surface area (Å²) in [7, 11) is 0. The van der Waals surface area contributed by atoms with Gasteiger partial charge in [0.25, 0.3) is 0 Å². The number of thiophene rings is 1. The zero-order valence-electron chi connectivity index (χ0n) is 13.6. The van der Waals surface area contributed by atoms with E-state index in [0.717, 1.165) is 17.9 Å². The van der Waals surface area contributed by atoms with Crippen molar-refractivity contribution in [3.8, 4) is 0 Å². The molecule has 0 saturated carbocycles. The Balaban J connectivity index is 2.08. The summed E-state index contributed by atoms with van der Waals surface area (Å²) in [6.45, 7) is 11.0. The largest absolute Gasteiger partial charge is 0.242 e. The molecule has 0 fully saturated rings. The topological polar surface area (TPSA) is 25.2 Å². The van der Waals surface area contributed by atoms with Crippen molar-refractivity contribution in [3.63, 3.8) is 0 Å². The summed E-state index contributed by atoms with van der Waals surface area (Å²) >= 11 is 1.80. The number of hydrogen-bond donors (Lipinski definition) is 0. The molecule has 0 saturated heterocycles. The highest BCUT2D eigenvalue weighted by Gasteiger charge is 2.20. The first kappa shape index (κ1) is 15.9. The number of nitrogens with zero attached hydrogens (tertiary/aromatic N) is 2. The molecule has 2 aromatic heterocycles. The minimum Gasteiger partial charge on any atom is -0.242 e. The van der Waals surface area contributed by atoms with Crippen LogP contribution in [-0.4, -0.2) is 11.2 Å². The zero-order chi connectivity index (χ0) is 15.5. The second-order valence-corrected chi connectivity index (χ2v) is 7.96. The van der Waals surface area contributed by atoms with Crippen LogP contribution in [0.4, 0.5) is 5.82 Å². The molecule has 0 spiro atoms. The van der Waals surface area contributed by atoms with Crippen molar-refractivity contribution in [1.29, 1.82) is 0 Å². The van der Waals surface area contributed by atoms with E-state index in [4.69, 9.17) is 0 Å². The van der Waals surface area contributed by atoms with Crippen molar-refractivity contribution in [1.82, 2.24) is 4.98 Å². The van der Waals surface area contributed by atoms with Gasteiger partial charge in [-0.15, -0.1) is 11.3 Å². The van der Waals surface area contributed by atoms with E-state index in [-0.39, 0.29) is 10.8 Å². The second-order valence-electron chi connectivity index (χ2n) is 7.01. The van der Waals surface area contributed by atoms with Gasteiger partial charge < -0.3 is 0 Å². The van der Waals surface area contributed by atoms with Crippen LogP contribution < -0.4 is 0 Å². The van der Waals surface area contributed by atoms with E-state index < -0.39 is 0 Å². The average molecular weight is 300 g/mol. The Morgan fingerprint density at radius 2 is 1.86 bits per heavy atom. The molecule has 21 heavy (non-hydrogen) atoms. The molecule has 3 heteroatoms. The van der Waals surface area contributed by atoms with Crippen LogP contribution in [0.5, 0.6) is 0 Å². The Morgan fingerprint density at radius 1 is 1.10 bits per heavy atom. The third kappa shape index (κ3) is 4.24. The Labute approximate surface area is 132 Å². The number of rotatable bonds is 4. The number of aliphatic imine (C=N–C) groups is 1. The van der Waals surface area contributed by atoms with E-state index in [1.807, 2.05) is 18.3 Å². The number of hydrogen-bond acceptors (Lipinski definition) is 3. The summed E-state index contributed by atoms with van der Waals surface area (Å²) in [4.78, 5) is 10.6. The molecular formula is C18H24N2S. The Hall–Kier alpha value is -1.48. The Bertz CT molecular complexity index is 604. The maximum absolute atomic E-state index is 4.63. The molecule has 2 rings (SSSR count). The van der Waals surface area contributed by atoms with E-state index in [1.165, 1.54) is 4.88 Å². The first-order chi connectivity index (χ1) is 9.79. The molecule has 0 atom stereocenters. The lowest BCUT2D eigenvalue weighted by molar-refractivity contribution is 0.565. The van der Waals surface area contributed by atoms with E-state index in [0.29, 0.717) is 0 Å². The molecule has 0 bridgehead atoms. The SMILES string of the molecule is CC(C)(C)c1cccc(/N=C/CC(C)(C)c2cccs2)n1. The fourth-order valence-electron chi connectivity index (χ4n) is 2.04. The molecular weight excluding hydrogens is 276 g/mol. The highest BCUT2D eigenvalue weighted by molar-refractivity contribution is 7.10. The fraction of sp³-hybridized carbons (Fsp3) is 0.444. The third-order valence-electron chi connectivity index (χ3n) is 3.52. The van der Waals surface area contributed by atoms with Gasteiger partial charge in [-0.3, -0.25) is 0 Å². The van der Waals surface area contributed by atoms with E-state index in [2.05, 4.69) is 68.2 Å². The predicted molar refractivity (Wildman–Crippen MR) is 93.1 cm³/mol.